The van der Waals surface area contributed by atoms with Gasteiger partial charge in [-0.05, 0) is 11.8 Å². The first kappa shape index (κ1) is 9.12. The third-order valence-corrected chi connectivity index (χ3v) is 1.82. The van der Waals surface area contributed by atoms with E-state index in [9.17, 15) is 0 Å². The molecule has 0 aliphatic heterocycles. The molecule has 14 heavy (non-hydrogen) atoms. The molecule has 0 aliphatic carbocycles. The number of oxazole rings is 1. The maximum atomic E-state index is 5.09. The van der Waals surface area contributed by atoms with Crippen LogP contribution in [0.2, 0.25) is 0 Å². The van der Waals surface area contributed by atoms with Crippen molar-refractivity contribution in [1.29, 1.82) is 0 Å². The van der Waals surface area contributed by atoms with Gasteiger partial charge < -0.3 is 4.42 Å². The molecule has 2 rings (SSSR count). The Labute approximate surface area is 82.4 Å². The van der Waals surface area contributed by atoms with E-state index in [-0.39, 0.29) is 5.41 Å². The first-order valence-corrected chi connectivity index (χ1v) is 4.60. The van der Waals surface area contributed by atoms with E-state index in [0.29, 0.717) is 11.4 Å². The van der Waals surface area contributed by atoms with Gasteiger partial charge in [0.15, 0.2) is 6.39 Å². The van der Waals surface area contributed by atoms with Gasteiger partial charge in [0, 0.05) is 0 Å². The average Bonchev–Trinajstić information content (AvgIpc) is 2.47. The predicted molar refractivity (Wildman–Crippen MR) is 52.8 cm³/mol. The molecule has 4 nitrogen and oxygen atoms in total. The molecule has 4 heteroatoms. The molecule has 0 atom stereocenters. The quantitative estimate of drug-likeness (QED) is 0.693. The van der Waals surface area contributed by atoms with Crippen LogP contribution in [0.1, 0.15) is 26.5 Å². The number of nitrogens with zero attached hydrogens (tertiary/aromatic N) is 3. The van der Waals surface area contributed by atoms with E-state index in [0.717, 1.165) is 12.1 Å². The lowest BCUT2D eigenvalue weighted by atomic mass is 9.91. The first-order valence-electron chi connectivity index (χ1n) is 4.60. The van der Waals surface area contributed by atoms with Gasteiger partial charge in [-0.1, -0.05) is 20.8 Å². The molecule has 0 spiro atoms. The molecular weight excluding hydrogens is 178 g/mol. The Kier molecular flexibility index (Phi) is 1.98. The lowest BCUT2D eigenvalue weighted by Crippen LogP contribution is -2.10. The molecule has 2 aromatic heterocycles. The van der Waals surface area contributed by atoms with Crippen LogP contribution in [0.4, 0.5) is 0 Å². The van der Waals surface area contributed by atoms with Crippen molar-refractivity contribution >= 4 is 11.4 Å². The molecule has 0 saturated heterocycles. The largest absolute Gasteiger partial charge is 0.424 e. The molecule has 0 unspecified atom stereocenters. The minimum atomic E-state index is 0.211. The van der Waals surface area contributed by atoms with Crippen molar-refractivity contribution in [3.05, 3.63) is 18.3 Å². The van der Waals surface area contributed by atoms with Crippen LogP contribution in [0.5, 0.6) is 0 Å². The van der Waals surface area contributed by atoms with Crippen molar-refractivity contribution in [3.8, 4) is 0 Å². The van der Waals surface area contributed by atoms with Gasteiger partial charge in [0.1, 0.15) is 0 Å². The van der Waals surface area contributed by atoms with Crippen LogP contribution < -0.4 is 0 Å². The average molecular weight is 191 g/mol. The minimum absolute atomic E-state index is 0.211. The van der Waals surface area contributed by atoms with E-state index in [2.05, 4.69) is 35.7 Å². The molecule has 0 aliphatic rings. The fourth-order valence-corrected chi connectivity index (χ4v) is 1.32. The summed E-state index contributed by atoms with van der Waals surface area (Å²) in [7, 11) is 0. The zero-order valence-electron chi connectivity index (χ0n) is 8.61. The van der Waals surface area contributed by atoms with Crippen LogP contribution in [-0.2, 0) is 6.42 Å². The van der Waals surface area contributed by atoms with Gasteiger partial charge in [-0.25, -0.2) is 9.97 Å². The molecule has 0 N–H and O–H groups in total. The fourth-order valence-electron chi connectivity index (χ4n) is 1.32. The lowest BCUT2D eigenvalue weighted by Gasteiger charge is -2.16. The van der Waals surface area contributed by atoms with Crippen LogP contribution in [0.25, 0.3) is 11.4 Å². The highest BCUT2D eigenvalue weighted by molar-refractivity contribution is 5.61. The topological polar surface area (TPSA) is 51.8 Å². The molecule has 0 radical (unpaired) electrons. The van der Waals surface area contributed by atoms with E-state index in [1.165, 1.54) is 6.39 Å². The predicted octanol–water partition coefficient (Wildman–Crippen LogP) is 2.21. The summed E-state index contributed by atoms with van der Waals surface area (Å²) in [6.45, 7) is 6.50. The summed E-state index contributed by atoms with van der Waals surface area (Å²) < 4.78 is 5.09. The summed E-state index contributed by atoms with van der Waals surface area (Å²) in [5, 5.41) is 0. The van der Waals surface area contributed by atoms with Crippen molar-refractivity contribution in [3.63, 3.8) is 0 Å². The van der Waals surface area contributed by atoms with Crippen molar-refractivity contribution < 1.29 is 4.42 Å². The summed E-state index contributed by atoms with van der Waals surface area (Å²) in [5.74, 6) is 0. The maximum absolute atomic E-state index is 5.09. The number of aromatic nitrogens is 3. The fraction of sp³-hybridized carbons (Fsp3) is 0.500. The Hall–Kier alpha value is -1.45. The summed E-state index contributed by atoms with van der Waals surface area (Å²) in [6, 6.07) is 0. The van der Waals surface area contributed by atoms with E-state index in [1.54, 1.807) is 6.20 Å². The van der Waals surface area contributed by atoms with Crippen LogP contribution in [0.15, 0.2) is 17.0 Å². The van der Waals surface area contributed by atoms with Crippen molar-refractivity contribution in [1.82, 2.24) is 15.0 Å². The molecule has 0 saturated carbocycles. The van der Waals surface area contributed by atoms with Gasteiger partial charge in [-0.3, -0.25) is 0 Å². The number of hydrogen-bond donors (Lipinski definition) is 0. The van der Waals surface area contributed by atoms with Crippen molar-refractivity contribution in [2.75, 3.05) is 0 Å². The minimum Gasteiger partial charge on any atom is -0.424 e. The van der Waals surface area contributed by atoms with E-state index < -0.39 is 0 Å². The first-order chi connectivity index (χ1) is 6.54. The molecule has 0 aromatic carbocycles. The molecule has 2 heterocycles. The Morgan fingerprint density at radius 2 is 2.07 bits per heavy atom. The van der Waals surface area contributed by atoms with Gasteiger partial charge in [-0.15, -0.1) is 0 Å². The van der Waals surface area contributed by atoms with Gasteiger partial charge in [0.2, 0.25) is 5.65 Å². The van der Waals surface area contributed by atoms with Crippen molar-refractivity contribution in [2.45, 2.75) is 27.2 Å². The van der Waals surface area contributed by atoms with Gasteiger partial charge in [0.05, 0.1) is 11.9 Å². The third-order valence-electron chi connectivity index (χ3n) is 1.82. The van der Waals surface area contributed by atoms with Crippen LogP contribution >= 0.6 is 0 Å². The highest BCUT2D eigenvalue weighted by Crippen LogP contribution is 2.19. The van der Waals surface area contributed by atoms with Gasteiger partial charge in [-0.2, -0.15) is 4.98 Å². The van der Waals surface area contributed by atoms with Crippen molar-refractivity contribution in [2.24, 2.45) is 5.41 Å². The van der Waals surface area contributed by atoms with E-state index >= 15 is 0 Å². The third kappa shape index (κ3) is 1.89. The van der Waals surface area contributed by atoms with E-state index in [4.69, 9.17) is 4.42 Å². The van der Waals surface area contributed by atoms with E-state index in [1.807, 2.05) is 0 Å². The lowest BCUT2D eigenvalue weighted by molar-refractivity contribution is 0.405. The second-order valence-electron chi connectivity index (χ2n) is 4.58. The molecule has 2 aromatic rings. The summed E-state index contributed by atoms with van der Waals surface area (Å²) in [4.78, 5) is 12.4. The molecule has 0 fully saturated rings. The number of rotatable bonds is 1. The summed E-state index contributed by atoms with van der Waals surface area (Å²) in [6.07, 6.45) is 4.01. The SMILES string of the molecule is CC(C)(C)Cc1cnc2ncoc2n1. The Morgan fingerprint density at radius 3 is 2.79 bits per heavy atom. The van der Waals surface area contributed by atoms with Crippen LogP contribution in [0, 0.1) is 5.41 Å². The second kappa shape index (κ2) is 3.04. The van der Waals surface area contributed by atoms with Crippen LogP contribution in [-0.4, -0.2) is 15.0 Å². The maximum Gasteiger partial charge on any atom is 0.266 e. The Bertz CT molecular complexity index is 442. The smallest absolute Gasteiger partial charge is 0.266 e. The van der Waals surface area contributed by atoms with Gasteiger partial charge >= 0.3 is 0 Å². The van der Waals surface area contributed by atoms with Gasteiger partial charge in [0.25, 0.3) is 5.71 Å². The number of hydrogen-bond acceptors (Lipinski definition) is 4. The number of fused-ring (bicyclic) bond motifs is 1. The molecule has 0 bridgehead atoms. The normalized spacial score (nSPS) is 12.2. The molecular formula is C10H13N3O. The second-order valence-corrected chi connectivity index (χ2v) is 4.58. The summed E-state index contributed by atoms with van der Waals surface area (Å²) >= 11 is 0. The van der Waals surface area contributed by atoms with Crippen LogP contribution in [0.3, 0.4) is 0 Å². The monoisotopic (exact) mass is 191 g/mol. The standard InChI is InChI=1S/C10H13N3O/c1-10(2,3)4-7-5-11-8-9(13-7)14-6-12-8/h5-6H,4H2,1-3H3. The highest BCUT2D eigenvalue weighted by atomic mass is 16.3. The molecule has 74 valence electrons. The zero-order chi connectivity index (χ0) is 10.2. The Morgan fingerprint density at radius 1 is 1.29 bits per heavy atom. The molecule has 0 amide bonds. The highest BCUT2D eigenvalue weighted by Gasteiger charge is 2.13. The summed E-state index contributed by atoms with van der Waals surface area (Å²) in [5.41, 5.74) is 2.25. The zero-order valence-corrected chi connectivity index (χ0v) is 8.61. The Balaban J connectivity index is 2.35.